The van der Waals surface area contributed by atoms with Crippen LogP contribution in [0.3, 0.4) is 0 Å². The summed E-state index contributed by atoms with van der Waals surface area (Å²) < 4.78 is 26.9. The van der Waals surface area contributed by atoms with Crippen molar-refractivity contribution < 1.29 is 13.6 Å². The van der Waals surface area contributed by atoms with E-state index in [-0.39, 0.29) is 11.7 Å². The van der Waals surface area contributed by atoms with Crippen LogP contribution < -0.4 is 10.6 Å². The standard InChI is InChI=1S/C15H15F2N3O/c1-9(2)19-10-6-7-13(18-8-10)15(21)20-14-11(16)4-3-5-12(14)17/h3-9,19H,1-2H3,(H,20,21). The van der Waals surface area contributed by atoms with Gasteiger partial charge in [0.05, 0.1) is 11.9 Å². The lowest BCUT2D eigenvalue weighted by Crippen LogP contribution is -2.16. The quantitative estimate of drug-likeness (QED) is 0.907. The molecule has 0 spiro atoms. The number of hydrogen-bond acceptors (Lipinski definition) is 3. The van der Waals surface area contributed by atoms with Crippen LogP contribution in [0.15, 0.2) is 36.5 Å². The maximum absolute atomic E-state index is 13.4. The summed E-state index contributed by atoms with van der Waals surface area (Å²) >= 11 is 0. The number of rotatable bonds is 4. The molecule has 110 valence electrons. The van der Waals surface area contributed by atoms with Crippen LogP contribution in [0, 0.1) is 11.6 Å². The van der Waals surface area contributed by atoms with Crippen molar-refractivity contribution >= 4 is 17.3 Å². The van der Waals surface area contributed by atoms with Gasteiger partial charge in [-0.2, -0.15) is 0 Å². The largest absolute Gasteiger partial charge is 0.382 e. The van der Waals surface area contributed by atoms with Gasteiger partial charge in [0.1, 0.15) is 23.0 Å². The third-order valence-corrected chi connectivity index (χ3v) is 2.65. The second-order valence-corrected chi connectivity index (χ2v) is 4.78. The second kappa shape index (κ2) is 6.30. The third kappa shape index (κ3) is 3.75. The van der Waals surface area contributed by atoms with Crippen molar-refractivity contribution in [2.45, 2.75) is 19.9 Å². The molecule has 0 fully saturated rings. The van der Waals surface area contributed by atoms with E-state index in [2.05, 4.69) is 15.6 Å². The zero-order valence-corrected chi connectivity index (χ0v) is 11.7. The van der Waals surface area contributed by atoms with Crippen molar-refractivity contribution in [1.82, 2.24) is 4.98 Å². The highest BCUT2D eigenvalue weighted by atomic mass is 19.1. The van der Waals surface area contributed by atoms with Gasteiger partial charge in [0.2, 0.25) is 0 Å². The van der Waals surface area contributed by atoms with Crippen molar-refractivity contribution in [1.29, 1.82) is 0 Å². The van der Waals surface area contributed by atoms with Gasteiger partial charge in [-0.3, -0.25) is 4.79 Å². The van der Waals surface area contributed by atoms with Gasteiger partial charge < -0.3 is 10.6 Å². The Kier molecular flexibility index (Phi) is 4.47. The van der Waals surface area contributed by atoms with Crippen LogP contribution in [0.5, 0.6) is 0 Å². The molecular formula is C15H15F2N3O. The number of hydrogen-bond donors (Lipinski definition) is 2. The number of nitrogens with one attached hydrogen (secondary N) is 2. The number of amides is 1. The highest BCUT2D eigenvalue weighted by molar-refractivity contribution is 6.03. The first-order valence-corrected chi connectivity index (χ1v) is 6.45. The predicted molar refractivity (Wildman–Crippen MR) is 77.3 cm³/mol. The Morgan fingerprint density at radius 3 is 2.33 bits per heavy atom. The normalized spacial score (nSPS) is 10.5. The van der Waals surface area contributed by atoms with E-state index >= 15 is 0 Å². The van der Waals surface area contributed by atoms with Gasteiger partial charge in [0.25, 0.3) is 5.91 Å². The Hall–Kier alpha value is -2.50. The van der Waals surface area contributed by atoms with Crippen molar-refractivity contribution in [2.24, 2.45) is 0 Å². The summed E-state index contributed by atoms with van der Waals surface area (Å²) in [6, 6.07) is 6.77. The van der Waals surface area contributed by atoms with Gasteiger partial charge in [-0.15, -0.1) is 0 Å². The van der Waals surface area contributed by atoms with E-state index in [0.29, 0.717) is 0 Å². The Morgan fingerprint density at radius 1 is 1.14 bits per heavy atom. The molecule has 4 nitrogen and oxygen atoms in total. The number of halogens is 2. The average Bonchev–Trinajstić information content (AvgIpc) is 2.43. The van der Waals surface area contributed by atoms with E-state index < -0.39 is 23.2 Å². The fraction of sp³-hybridized carbons (Fsp3) is 0.200. The number of anilines is 2. The zero-order valence-electron chi connectivity index (χ0n) is 11.7. The molecule has 0 saturated carbocycles. The summed E-state index contributed by atoms with van der Waals surface area (Å²) in [6.07, 6.45) is 1.49. The lowest BCUT2D eigenvalue weighted by molar-refractivity contribution is 0.102. The summed E-state index contributed by atoms with van der Waals surface area (Å²) in [7, 11) is 0. The summed E-state index contributed by atoms with van der Waals surface area (Å²) in [6.45, 7) is 3.95. The topological polar surface area (TPSA) is 54.0 Å². The maximum Gasteiger partial charge on any atom is 0.274 e. The molecule has 0 saturated heterocycles. The van der Waals surface area contributed by atoms with Crippen molar-refractivity contribution in [3.63, 3.8) is 0 Å². The van der Waals surface area contributed by atoms with Crippen LogP contribution in [-0.4, -0.2) is 16.9 Å². The summed E-state index contributed by atoms with van der Waals surface area (Å²) in [5.41, 5.74) is 0.360. The Bertz CT molecular complexity index is 622. The molecule has 0 bridgehead atoms. The minimum atomic E-state index is -0.832. The Labute approximate surface area is 121 Å². The molecule has 0 aliphatic rings. The zero-order chi connectivity index (χ0) is 15.4. The number of benzene rings is 1. The van der Waals surface area contributed by atoms with Crippen molar-refractivity contribution in [3.05, 3.63) is 53.9 Å². The molecule has 1 amide bonds. The van der Waals surface area contributed by atoms with Gasteiger partial charge in [-0.25, -0.2) is 13.8 Å². The van der Waals surface area contributed by atoms with Crippen LogP contribution in [0.25, 0.3) is 0 Å². The van der Waals surface area contributed by atoms with E-state index in [0.717, 1.165) is 17.8 Å². The number of carbonyl (C=O) groups excluding carboxylic acids is 1. The van der Waals surface area contributed by atoms with Gasteiger partial charge in [-0.1, -0.05) is 6.07 Å². The molecule has 21 heavy (non-hydrogen) atoms. The molecule has 6 heteroatoms. The molecular weight excluding hydrogens is 276 g/mol. The Morgan fingerprint density at radius 2 is 1.81 bits per heavy atom. The minimum absolute atomic E-state index is 0.0759. The van der Waals surface area contributed by atoms with Crippen LogP contribution in [0.2, 0.25) is 0 Å². The fourth-order valence-corrected chi connectivity index (χ4v) is 1.74. The lowest BCUT2D eigenvalue weighted by Gasteiger charge is -2.10. The van der Waals surface area contributed by atoms with E-state index in [1.54, 1.807) is 6.07 Å². The number of para-hydroxylation sites is 1. The summed E-state index contributed by atoms with van der Waals surface area (Å²) in [5.74, 6) is -2.34. The number of aromatic nitrogens is 1. The minimum Gasteiger partial charge on any atom is -0.382 e. The van der Waals surface area contributed by atoms with Crippen molar-refractivity contribution in [2.75, 3.05) is 10.6 Å². The predicted octanol–water partition coefficient (Wildman–Crippen LogP) is 3.43. The van der Waals surface area contributed by atoms with Gasteiger partial charge in [0, 0.05) is 6.04 Å². The molecule has 1 heterocycles. The van der Waals surface area contributed by atoms with Crippen LogP contribution in [0.4, 0.5) is 20.2 Å². The van der Waals surface area contributed by atoms with Gasteiger partial charge >= 0.3 is 0 Å². The first-order chi connectivity index (χ1) is 9.97. The molecule has 0 aliphatic heterocycles. The first kappa shape index (κ1) is 14.9. The SMILES string of the molecule is CC(C)Nc1ccc(C(=O)Nc2c(F)cccc2F)nc1. The highest BCUT2D eigenvalue weighted by Crippen LogP contribution is 2.19. The van der Waals surface area contributed by atoms with Crippen LogP contribution in [0.1, 0.15) is 24.3 Å². The van der Waals surface area contributed by atoms with E-state index in [9.17, 15) is 13.6 Å². The second-order valence-electron chi connectivity index (χ2n) is 4.78. The lowest BCUT2D eigenvalue weighted by atomic mass is 10.2. The molecule has 1 aromatic heterocycles. The number of nitrogens with zero attached hydrogens (tertiary/aromatic N) is 1. The average molecular weight is 291 g/mol. The monoisotopic (exact) mass is 291 g/mol. The molecule has 2 rings (SSSR count). The molecule has 0 radical (unpaired) electrons. The van der Waals surface area contributed by atoms with E-state index in [4.69, 9.17) is 0 Å². The van der Waals surface area contributed by atoms with Gasteiger partial charge in [-0.05, 0) is 38.1 Å². The fourth-order valence-electron chi connectivity index (χ4n) is 1.74. The molecule has 2 N–H and O–H groups in total. The highest BCUT2D eigenvalue weighted by Gasteiger charge is 2.14. The number of pyridine rings is 1. The molecule has 0 aliphatic carbocycles. The van der Waals surface area contributed by atoms with E-state index in [1.807, 2.05) is 13.8 Å². The molecule has 1 aromatic carbocycles. The number of carbonyl (C=O) groups is 1. The first-order valence-electron chi connectivity index (χ1n) is 6.45. The van der Waals surface area contributed by atoms with E-state index in [1.165, 1.54) is 18.3 Å². The maximum atomic E-state index is 13.4. The molecule has 0 unspecified atom stereocenters. The third-order valence-electron chi connectivity index (χ3n) is 2.65. The van der Waals surface area contributed by atoms with Crippen LogP contribution in [-0.2, 0) is 0 Å². The summed E-state index contributed by atoms with van der Waals surface area (Å²) in [4.78, 5) is 15.9. The molecule has 2 aromatic rings. The Balaban J connectivity index is 2.13. The summed E-state index contributed by atoms with van der Waals surface area (Å²) in [5, 5.41) is 5.31. The molecule has 0 atom stereocenters. The van der Waals surface area contributed by atoms with Crippen molar-refractivity contribution in [3.8, 4) is 0 Å². The smallest absolute Gasteiger partial charge is 0.274 e. The van der Waals surface area contributed by atoms with Crippen LogP contribution >= 0.6 is 0 Å². The van der Waals surface area contributed by atoms with Gasteiger partial charge in [0.15, 0.2) is 0 Å².